The number of carbonyl (C=O) groups excluding carboxylic acids is 1. The Balaban J connectivity index is 1.78. The molecule has 0 unspecified atom stereocenters. The minimum Gasteiger partial charge on any atom is -0.472 e. The SMILES string of the molecule is Cc1onc(-c2ccccc2)c1COc1ncccc1C(=O)NCC(F)(F)F. The molecule has 9 heteroatoms. The van der Waals surface area contributed by atoms with Gasteiger partial charge in [-0.25, -0.2) is 4.98 Å². The van der Waals surface area contributed by atoms with Crippen molar-refractivity contribution in [3.8, 4) is 17.1 Å². The van der Waals surface area contributed by atoms with E-state index < -0.39 is 18.6 Å². The maximum Gasteiger partial charge on any atom is 0.405 e. The fourth-order valence-electron chi connectivity index (χ4n) is 2.48. The second-order valence-corrected chi connectivity index (χ2v) is 5.87. The van der Waals surface area contributed by atoms with Crippen molar-refractivity contribution < 1.29 is 27.2 Å². The van der Waals surface area contributed by atoms with Gasteiger partial charge in [-0.15, -0.1) is 0 Å². The summed E-state index contributed by atoms with van der Waals surface area (Å²) in [5, 5.41) is 5.84. The van der Waals surface area contributed by atoms with E-state index >= 15 is 0 Å². The second-order valence-electron chi connectivity index (χ2n) is 5.87. The number of nitrogens with zero attached hydrogens (tertiary/aromatic N) is 2. The number of halogens is 3. The van der Waals surface area contributed by atoms with Gasteiger partial charge in [0.05, 0.1) is 5.56 Å². The Kier molecular flexibility index (Phi) is 5.62. The third kappa shape index (κ3) is 4.67. The van der Waals surface area contributed by atoms with Gasteiger partial charge in [-0.3, -0.25) is 4.79 Å². The lowest BCUT2D eigenvalue weighted by atomic mass is 10.1. The summed E-state index contributed by atoms with van der Waals surface area (Å²) in [7, 11) is 0. The molecule has 146 valence electrons. The summed E-state index contributed by atoms with van der Waals surface area (Å²) in [4.78, 5) is 16.0. The molecule has 1 N–H and O–H groups in total. The van der Waals surface area contributed by atoms with Crippen LogP contribution in [0.2, 0.25) is 0 Å². The zero-order chi connectivity index (χ0) is 20.1. The second kappa shape index (κ2) is 8.12. The first kappa shape index (κ1) is 19.4. The number of pyridine rings is 1. The van der Waals surface area contributed by atoms with Crippen LogP contribution in [0.1, 0.15) is 21.7 Å². The van der Waals surface area contributed by atoms with Crippen molar-refractivity contribution in [2.24, 2.45) is 0 Å². The van der Waals surface area contributed by atoms with Crippen molar-refractivity contribution in [1.82, 2.24) is 15.5 Å². The summed E-state index contributed by atoms with van der Waals surface area (Å²) < 4.78 is 47.9. The molecule has 0 spiro atoms. The van der Waals surface area contributed by atoms with Gasteiger partial charge in [0, 0.05) is 11.8 Å². The average molecular weight is 391 g/mol. The number of rotatable bonds is 6. The molecular weight excluding hydrogens is 375 g/mol. The van der Waals surface area contributed by atoms with Crippen LogP contribution < -0.4 is 10.1 Å². The normalized spacial score (nSPS) is 11.3. The van der Waals surface area contributed by atoms with E-state index in [1.807, 2.05) is 30.3 Å². The highest BCUT2D eigenvalue weighted by Gasteiger charge is 2.28. The van der Waals surface area contributed by atoms with E-state index in [1.54, 1.807) is 12.2 Å². The van der Waals surface area contributed by atoms with Crippen molar-refractivity contribution in [1.29, 1.82) is 0 Å². The molecule has 0 saturated heterocycles. The van der Waals surface area contributed by atoms with Crippen LogP contribution >= 0.6 is 0 Å². The molecule has 0 saturated carbocycles. The van der Waals surface area contributed by atoms with Crippen molar-refractivity contribution >= 4 is 5.91 Å². The number of carbonyl (C=O) groups is 1. The van der Waals surface area contributed by atoms with Crippen molar-refractivity contribution in [3.63, 3.8) is 0 Å². The number of amides is 1. The molecule has 1 aromatic carbocycles. The van der Waals surface area contributed by atoms with Crippen molar-refractivity contribution in [2.75, 3.05) is 6.54 Å². The lowest BCUT2D eigenvalue weighted by Crippen LogP contribution is -2.34. The monoisotopic (exact) mass is 391 g/mol. The van der Waals surface area contributed by atoms with Crippen LogP contribution in [0.25, 0.3) is 11.3 Å². The van der Waals surface area contributed by atoms with Gasteiger partial charge in [0.1, 0.15) is 30.2 Å². The van der Waals surface area contributed by atoms with Crippen LogP contribution in [0.15, 0.2) is 53.2 Å². The minimum atomic E-state index is -4.51. The number of nitrogens with one attached hydrogen (secondary N) is 1. The standard InChI is InChI=1S/C19H16F3N3O3/c1-12-15(16(25-28-12)13-6-3-2-4-7-13)10-27-18-14(8-5-9-23-18)17(26)24-11-19(20,21)22/h2-9H,10-11H2,1H3,(H,24,26). The smallest absolute Gasteiger partial charge is 0.405 e. The highest BCUT2D eigenvalue weighted by molar-refractivity contribution is 5.96. The summed E-state index contributed by atoms with van der Waals surface area (Å²) in [6.07, 6.45) is -3.13. The number of aromatic nitrogens is 2. The molecule has 2 aromatic heterocycles. The van der Waals surface area contributed by atoms with E-state index in [1.165, 1.54) is 18.3 Å². The zero-order valence-electron chi connectivity index (χ0n) is 14.8. The third-order valence-corrected chi connectivity index (χ3v) is 3.85. The van der Waals surface area contributed by atoms with Gasteiger partial charge >= 0.3 is 6.18 Å². The molecule has 3 rings (SSSR count). The molecule has 1 amide bonds. The Morgan fingerprint density at radius 3 is 2.64 bits per heavy atom. The fraction of sp³-hybridized carbons (Fsp3) is 0.211. The molecule has 6 nitrogen and oxygen atoms in total. The van der Waals surface area contributed by atoms with Gasteiger partial charge in [0.15, 0.2) is 0 Å². The van der Waals surface area contributed by atoms with E-state index in [0.29, 0.717) is 17.0 Å². The first-order valence-corrected chi connectivity index (χ1v) is 8.28. The maximum absolute atomic E-state index is 12.3. The third-order valence-electron chi connectivity index (χ3n) is 3.85. The Morgan fingerprint density at radius 2 is 1.93 bits per heavy atom. The quantitative estimate of drug-likeness (QED) is 0.689. The van der Waals surface area contributed by atoms with Gasteiger partial charge in [-0.05, 0) is 19.1 Å². The van der Waals surface area contributed by atoms with E-state index in [2.05, 4.69) is 10.1 Å². The average Bonchev–Trinajstić information content (AvgIpc) is 3.05. The van der Waals surface area contributed by atoms with Crippen molar-refractivity contribution in [3.05, 3.63) is 65.5 Å². The number of alkyl halides is 3. The lowest BCUT2D eigenvalue weighted by molar-refractivity contribution is -0.123. The molecule has 0 aliphatic carbocycles. The van der Waals surface area contributed by atoms with Crippen LogP contribution in [0.3, 0.4) is 0 Å². The van der Waals surface area contributed by atoms with E-state index in [0.717, 1.165) is 5.56 Å². The molecule has 0 fully saturated rings. The predicted molar refractivity (Wildman–Crippen MR) is 93.6 cm³/mol. The van der Waals surface area contributed by atoms with Gasteiger partial charge in [-0.2, -0.15) is 13.2 Å². The van der Waals surface area contributed by atoms with E-state index in [4.69, 9.17) is 9.26 Å². The zero-order valence-corrected chi connectivity index (χ0v) is 14.8. The largest absolute Gasteiger partial charge is 0.472 e. The Morgan fingerprint density at radius 1 is 1.18 bits per heavy atom. The summed E-state index contributed by atoms with van der Waals surface area (Å²) >= 11 is 0. The Bertz CT molecular complexity index is 956. The molecule has 0 radical (unpaired) electrons. The van der Waals surface area contributed by atoms with Gasteiger partial charge in [0.25, 0.3) is 5.91 Å². The highest BCUT2D eigenvalue weighted by atomic mass is 19.4. The summed E-state index contributed by atoms with van der Waals surface area (Å²) in [5.41, 5.74) is 1.96. The summed E-state index contributed by atoms with van der Waals surface area (Å²) in [6, 6.07) is 12.1. The number of benzene rings is 1. The molecule has 3 aromatic rings. The van der Waals surface area contributed by atoms with Crippen LogP contribution in [0, 0.1) is 6.92 Å². The van der Waals surface area contributed by atoms with Gasteiger partial charge in [-0.1, -0.05) is 35.5 Å². The molecular formula is C19H16F3N3O3. The number of aryl methyl sites for hydroxylation is 1. The molecule has 28 heavy (non-hydrogen) atoms. The molecule has 0 bridgehead atoms. The fourth-order valence-corrected chi connectivity index (χ4v) is 2.48. The van der Waals surface area contributed by atoms with E-state index in [-0.39, 0.29) is 18.1 Å². The van der Waals surface area contributed by atoms with Crippen LogP contribution in [0.5, 0.6) is 5.88 Å². The molecule has 0 atom stereocenters. The first-order valence-electron chi connectivity index (χ1n) is 8.28. The highest BCUT2D eigenvalue weighted by Crippen LogP contribution is 2.27. The molecule has 0 aliphatic heterocycles. The number of hydrogen-bond acceptors (Lipinski definition) is 5. The topological polar surface area (TPSA) is 77.2 Å². The van der Waals surface area contributed by atoms with Gasteiger partial charge < -0.3 is 14.6 Å². The predicted octanol–water partition coefficient (Wildman–Crippen LogP) is 3.92. The number of hydrogen-bond donors (Lipinski definition) is 1. The summed E-state index contributed by atoms with van der Waals surface area (Å²) in [5.74, 6) is -0.481. The van der Waals surface area contributed by atoms with E-state index in [9.17, 15) is 18.0 Å². The number of ether oxygens (including phenoxy) is 1. The Labute approximate surface area is 158 Å². The molecule has 2 heterocycles. The minimum absolute atomic E-state index is 0.0177. The maximum atomic E-state index is 12.3. The van der Waals surface area contributed by atoms with Crippen molar-refractivity contribution in [2.45, 2.75) is 19.7 Å². The van der Waals surface area contributed by atoms with Crippen LogP contribution in [0.4, 0.5) is 13.2 Å². The van der Waals surface area contributed by atoms with Crippen LogP contribution in [-0.2, 0) is 6.61 Å². The Hall–Kier alpha value is -3.36. The van der Waals surface area contributed by atoms with Gasteiger partial charge in [0.2, 0.25) is 5.88 Å². The summed E-state index contributed by atoms with van der Waals surface area (Å²) in [6.45, 7) is 0.257. The lowest BCUT2D eigenvalue weighted by Gasteiger charge is -2.12. The first-order chi connectivity index (χ1) is 13.3. The van der Waals surface area contributed by atoms with Crippen LogP contribution in [-0.4, -0.2) is 28.8 Å². The molecule has 0 aliphatic rings.